The molecule has 2 nitrogen and oxygen atoms in total. The molecule has 0 spiro atoms. The molecule has 0 amide bonds. The summed E-state index contributed by atoms with van der Waals surface area (Å²) < 4.78 is 35.0. The molecule has 0 atom stereocenters. The summed E-state index contributed by atoms with van der Waals surface area (Å²) in [7, 11) is 0. The molecule has 0 unspecified atom stereocenters. The van der Waals surface area contributed by atoms with Crippen LogP contribution in [0.25, 0.3) is 12.5 Å². The van der Waals surface area contributed by atoms with Gasteiger partial charge in [0.15, 0.2) is 0 Å². The van der Waals surface area contributed by atoms with Crippen molar-refractivity contribution in [1.29, 1.82) is 0 Å². The van der Waals surface area contributed by atoms with Crippen LogP contribution in [0.1, 0.15) is 5.56 Å². The molecule has 1 rings (SSSR count). The summed E-state index contributed by atoms with van der Waals surface area (Å²) in [6.45, 7) is 0. The Morgan fingerprint density at radius 2 is 1.26 bits per heavy atom. The van der Waals surface area contributed by atoms with Crippen LogP contribution >= 0.6 is 70.1 Å². The van der Waals surface area contributed by atoms with Crippen LogP contribution in [0.15, 0.2) is 0 Å². The number of hydrogen-bond acceptors (Lipinski definition) is 2. The Balaban J connectivity index is 3.97. The molecule has 19 heavy (non-hydrogen) atoms. The minimum absolute atomic E-state index is 0.00279. The fourth-order valence-electron chi connectivity index (χ4n) is 1.26. The van der Waals surface area contributed by atoms with Gasteiger partial charge in [0.2, 0.25) is 0 Å². The number of rotatable bonds is 3. The van der Waals surface area contributed by atoms with Crippen LogP contribution in [-0.2, 0) is 14.0 Å². The van der Waals surface area contributed by atoms with Crippen LogP contribution in [0.3, 0.4) is 0 Å². The van der Waals surface area contributed by atoms with Gasteiger partial charge in [-0.2, -0.15) is 8.78 Å². The Labute approximate surface area is 136 Å². The third kappa shape index (κ3) is 3.63. The average molecular weight is 393 g/mol. The Hall–Kier alpha value is 0.160. The van der Waals surface area contributed by atoms with Gasteiger partial charge in [0.1, 0.15) is 36.3 Å². The molecule has 0 aliphatic carbocycles. The molecular formula is C9H2Cl6F2O2. The standard InChI is InChI=1S/C9H2Cl6F2O2/c10-6-3(1-18-14)4(2-19-15)7(11)8(12)5(6)9(13,16)17/h1-2H. The van der Waals surface area contributed by atoms with Gasteiger partial charge in [0.25, 0.3) is 0 Å². The molecule has 0 aromatic heterocycles. The van der Waals surface area contributed by atoms with Gasteiger partial charge in [-0.05, 0) is 11.6 Å². The van der Waals surface area contributed by atoms with Gasteiger partial charge < -0.3 is 8.58 Å². The van der Waals surface area contributed by atoms with Crippen molar-refractivity contribution in [2.45, 2.75) is 5.38 Å². The molecule has 0 N–H and O–H groups in total. The summed E-state index contributed by atoms with van der Waals surface area (Å²) in [6, 6.07) is 0. The molecular weight excluding hydrogens is 391 g/mol. The third-order valence-electron chi connectivity index (χ3n) is 2.00. The molecule has 0 fully saturated rings. The first-order chi connectivity index (χ1) is 8.75. The maximum Gasteiger partial charge on any atom is 0.351 e. The number of benzene rings is 1. The van der Waals surface area contributed by atoms with Crippen molar-refractivity contribution >= 4 is 82.7 Å². The maximum atomic E-state index is 13.3. The quantitative estimate of drug-likeness (QED) is 0.546. The van der Waals surface area contributed by atoms with Crippen LogP contribution in [-0.4, -0.2) is 0 Å². The Kier molecular flexibility index (Phi) is 6.11. The molecule has 0 saturated carbocycles. The van der Waals surface area contributed by atoms with E-state index in [1.807, 2.05) is 0 Å². The Morgan fingerprint density at radius 1 is 0.842 bits per heavy atom. The zero-order chi connectivity index (χ0) is 14.8. The first-order valence-electron chi connectivity index (χ1n) is 4.24. The SMILES string of the molecule is FC(F)(Cl)c1c(Cl)c(Cl)c(=COCl)c(=COCl)c1Cl. The van der Waals surface area contributed by atoms with Gasteiger partial charge in [-0.15, -0.1) is 0 Å². The lowest BCUT2D eigenvalue weighted by atomic mass is 10.1. The number of alkyl halides is 3. The van der Waals surface area contributed by atoms with Gasteiger partial charge in [0, 0.05) is 10.4 Å². The van der Waals surface area contributed by atoms with Crippen LogP contribution in [0, 0.1) is 0 Å². The first kappa shape index (κ1) is 17.2. The van der Waals surface area contributed by atoms with Crippen LogP contribution in [0.4, 0.5) is 8.78 Å². The predicted molar refractivity (Wildman–Crippen MR) is 73.3 cm³/mol. The molecule has 10 heteroatoms. The minimum Gasteiger partial charge on any atom is -0.393 e. The molecule has 1 aromatic carbocycles. The number of halogens is 8. The van der Waals surface area contributed by atoms with Crippen molar-refractivity contribution in [3.8, 4) is 0 Å². The Bertz CT molecular complexity index is 598. The second kappa shape index (κ2) is 6.74. The van der Waals surface area contributed by atoms with Gasteiger partial charge in [-0.1, -0.05) is 34.8 Å². The first-order valence-corrected chi connectivity index (χ1v) is 6.37. The number of hydrogen-bond donors (Lipinski definition) is 0. The molecule has 0 heterocycles. The molecule has 0 aliphatic heterocycles. The summed E-state index contributed by atoms with van der Waals surface area (Å²) in [5.41, 5.74) is -0.880. The smallest absolute Gasteiger partial charge is 0.351 e. The zero-order valence-corrected chi connectivity index (χ0v) is 13.0. The van der Waals surface area contributed by atoms with E-state index in [1.54, 1.807) is 0 Å². The second-order valence-electron chi connectivity index (χ2n) is 3.06. The van der Waals surface area contributed by atoms with Gasteiger partial charge in [-0.3, -0.25) is 0 Å². The van der Waals surface area contributed by atoms with E-state index in [-0.39, 0.29) is 15.5 Å². The lowest BCUT2D eigenvalue weighted by Crippen LogP contribution is -2.30. The van der Waals surface area contributed by atoms with Crippen molar-refractivity contribution in [2.75, 3.05) is 0 Å². The fraction of sp³-hybridized carbons (Fsp3) is 0.111. The lowest BCUT2D eigenvalue weighted by Gasteiger charge is -2.14. The van der Waals surface area contributed by atoms with E-state index in [1.165, 1.54) is 0 Å². The van der Waals surface area contributed by atoms with E-state index >= 15 is 0 Å². The summed E-state index contributed by atoms with van der Waals surface area (Å²) in [6.07, 6.45) is 1.76. The second-order valence-corrected chi connectivity index (χ2v) is 5.02. The van der Waals surface area contributed by atoms with E-state index in [4.69, 9.17) is 70.1 Å². The third-order valence-corrected chi connectivity index (χ3v) is 3.63. The van der Waals surface area contributed by atoms with Crippen molar-refractivity contribution in [3.63, 3.8) is 0 Å². The van der Waals surface area contributed by atoms with Crippen LogP contribution in [0.2, 0.25) is 15.1 Å². The normalized spacial score (nSPS) is 13.9. The fourth-order valence-corrected chi connectivity index (χ4v) is 2.69. The Morgan fingerprint density at radius 3 is 1.63 bits per heavy atom. The van der Waals surface area contributed by atoms with Crippen LogP contribution < -0.4 is 10.4 Å². The van der Waals surface area contributed by atoms with Crippen molar-refractivity contribution in [1.82, 2.24) is 0 Å². The van der Waals surface area contributed by atoms with Crippen molar-refractivity contribution in [2.24, 2.45) is 0 Å². The molecule has 0 aliphatic rings. The van der Waals surface area contributed by atoms with E-state index < -0.39 is 21.0 Å². The minimum atomic E-state index is -3.84. The zero-order valence-electron chi connectivity index (χ0n) is 8.49. The largest absolute Gasteiger partial charge is 0.393 e. The van der Waals surface area contributed by atoms with E-state index in [2.05, 4.69) is 8.58 Å². The van der Waals surface area contributed by atoms with Gasteiger partial charge in [-0.25, -0.2) is 0 Å². The average Bonchev–Trinajstić information content (AvgIpc) is 2.29. The van der Waals surface area contributed by atoms with Crippen LogP contribution in [0.5, 0.6) is 0 Å². The van der Waals surface area contributed by atoms with Gasteiger partial charge in [0.05, 0.1) is 20.6 Å². The molecule has 0 saturated heterocycles. The van der Waals surface area contributed by atoms with E-state index in [0.717, 1.165) is 12.5 Å². The highest BCUT2D eigenvalue weighted by Crippen LogP contribution is 2.41. The summed E-state index contributed by atoms with van der Waals surface area (Å²) >= 11 is 32.3. The lowest BCUT2D eigenvalue weighted by molar-refractivity contribution is 0.0952. The molecule has 1 aromatic rings. The highest BCUT2D eigenvalue weighted by molar-refractivity contribution is 6.45. The molecule has 106 valence electrons. The summed E-state index contributed by atoms with van der Waals surface area (Å²) in [5, 5.41) is -5.32. The monoisotopic (exact) mass is 390 g/mol. The maximum absolute atomic E-state index is 13.3. The summed E-state index contributed by atoms with van der Waals surface area (Å²) in [4.78, 5) is 0. The topological polar surface area (TPSA) is 18.5 Å². The predicted octanol–water partition coefficient (Wildman–Crippen LogP) is 4.75. The van der Waals surface area contributed by atoms with Crippen molar-refractivity contribution in [3.05, 3.63) is 31.1 Å². The summed E-state index contributed by atoms with van der Waals surface area (Å²) in [5.74, 6) is 0. The highest BCUT2D eigenvalue weighted by Gasteiger charge is 2.35. The van der Waals surface area contributed by atoms with Crippen molar-refractivity contribution < 1.29 is 17.4 Å². The molecule has 0 bridgehead atoms. The van der Waals surface area contributed by atoms with E-state index in [0.29, 0.717) is 0 Å². The highest BCUT2D eigenvalue weighted by atomic mass is 35.5. The van der Waals surface area contributed by atoms with Gasteiger partial charge >= 0.3 is 5.38 Å². The molecule has 0 radical (unpaired) electrons. The van der Waals surface area contributed by atoms with E-state index in [9.17, 15) is 8.78 Å².